The minimum atomic E-state index is -4.67. The Morgan fingerprint density at radius 2 is 1.73 bits per heavy atom. The molecule has 0 amide bonds. The second-order valence-electron chi connectivity index (χ2n) is 7.52. The number of hydrogen-bond acceptors (Lipinski definition) is 5. The van der Waals surface area contributed by atoms with Crippen molar-refractivity contribution in [2.24, 2.45) is 0 Å². The molecular weight excluding hydrogens is 523 g/mol. The number of rotatable bonds is 4. The van der Waals surface area contributed by atoms with Gasteiger partial charge >= 0.3 is 6.18 Å². The van der Waals surface area contributed by atoms with Gasteiger partial charge in [0.25, 0.3) is 0 Å². The van der Waals surface area contributed by atoms with Gasteiger partial charge < -0.3 is 4.90 Å². The van der Waals surface area contributed by atoms with Gasteiger partial charge in [0.1, 0.15) is 5.82 Å². The summed E-state index contributed by atoms with van der Waals surface area (Å²) >= 11 is 13.1. The van der Waals surface area contributed by atoms with E-state index in [0.717, 1.165) is 12.1 Å². The molecule has 0 bridgehead atoms. The number of benzene rings is 2. The third kappa shape index (κ3) is 4.99. The molecule has 0 radical (unpaired) electrons. The molecule has 2 heterocycles. The average molecular weight is 539 g/mol. The summed E-state index contributed by atoms with van der Waals surface area (Å²) < 4.78 is 78.7. The summed E-state index contributed by atoms with van der Waals surface area (Å²) in [7, 11) is -4.05. The predicted octanol–water partition coefficient (Wildman–Crippen LogP) is 6.72. The third-order valence-electron chi connectivity index (χ3n) is 5.42. The van der Waals surface area contributed by atoms with Crippen molar-refractivity contribution < 1.29 is 26.0 Å². The number of piperidine rings is 1. The fourth-order valence-electron chi connectivity index (χ4n) is 3.63. The van der Waals surface area contributed by atoms with Crippen LogP contribution in [0.1, 0.15) is 18.4 Å². The summed E-state index contributed by atoms with van der Waals surface area (Å²) in [5, 5.41) is 1.36. The highest BCUT2D eigenvalue weighted by atomic mass is 35.5. The first-order chi connectivity index (χ1) is 15.5. The first-order valence-electron chi connectivity index (χ1n) is 9.73. The Morgan fingerprint density at radius 1 is 1.03 bits per heavy atom. The van der Waals surface area contributed by atoms with Gasteiger partial charge in [0.15, 0.2) is 15.0 Å². The molecule has 2 aromatic carbocycles. The molecule has 0 saturated carbocycles. The second kappa shape index (κ2) is 9.05. The van der Waals surface area contributed by atoms with E-state index >= 15 is 0 Å². The van der Waals surface area contributed by atoms with Crippen LogP contribution in [0, 0.1) is 5.82 Å². The zero-order valence-electron chi connectivity index (χ0n) is 16.7. The largest absolute Gasteiger partial charge is 0.416 e. The van der Waals surface area contributed by atoms with E-state index in [0.29, 0.717) is 35.5 Å². The fourth-order valence-corrected chi connectivity index (χ4v) is 6.96. The summed E-state index contributed by atoms with van der Waals surface area (Å²) in [5.74, 6) is -0.528. The highest BCUT2D eigenvalue weighted by molar-refractivity contribution is 7.92. The molecule has 0 atom stereocenters. The highest BCUT2D eigenvalue weighted by Crippen LogP contribution is 2.37. The first kappa shape index (κ1) is 24.3. The van der Waals surface area contributed by atoms with Gasteiger partial charge in [0, 0.05) is 24.0 Å². The van der Waals surface area contributed by atoms with Crippen LogP contribution in [-0.2, 0) is 16.0 Å². The number of anilines is 1. The highest BCUT2D eigenvalue weighted by Gasteiger charge is 2.37. The number of hydrogen-bond donors (Lipinski definition) is 0. The Hall–Kier alpha value is -1.88. The topological polar surface area (TPSA) is 50.3 Å². The van der Waals surface area contributed by atoms with Crippen LogP contribution in [0.4, 0.5) is 22.7 Å². The Kier molecular flexibility index (Phi) is 6.65. The average Bonchev–Trinajstić information content (AvgIpc) is 3.25. The number of alkyl halides is 3. The van der Waals surface area contributed by atoms with Crippen molar-refractivity contribution in [3.8, 4) is 11.3 Å². The van der Waals surface area contributed by atoms with Gasteiger partial charge in [0.05, 0.1) is 31.4 Å². The molecule has 1 aromatic heterocycles. The van der Waals surface area contributed by atoms with Crippen molar-refractivity contribution in [1.29, 1.82) is 0 Å². The zero-order chi connectivity index (χ0) is 24.0. The van der Waals surface area contributed by atoms with Crippen molar-refractivity contribution in [3.05, 3.63) is 63.2 Å². The van der Waals surface area contributed by atoms with Crippen LogP contribution in [0.25, 0.3) is 11.3 Å². The van der Waals surface area contributed by atoms with E-state index in [1.54, 1.807) is 11.4 Å². The van der Waals surface area contributed by atoms with E-state index in [1.165, 1.54) is 23.5 Å². The molecule has 0 N–H and O–H groups in total. The van der Waals surface area contributed by atoms with Crippen LogP contribution in [0.3, 0.4) is 0 Å². The van der Waals surface area contributed by atoms with E-state index in [2.05, 4.69) is 4.98 Å². The van der Waals surface area contributed by atoms with Crippen molar-refractivity contribution in [1.82, 2.24) is 4.98 Å². The van der Waals surface area contributed by atoms with E-state index in [1.807, 2.05) is 4.90 Å². The summed E-state index contributed by atoms with van der Waals surface area (Å²) in [5.41, 5.74) is 0.210. The van der Waals surface area contributed by atoms with Crippen molar-refractivity contribution >= 4 is 49.5 Å². The van der Waals surface area contributed by atoms with Gasteiger partial charge in [0.2, 0.25) is 0 Å². The number of thiazole rings is 1. The van der Waals surface area contributed by atoms with Crippen LogP contribution in [0.5, 0.6) is 0 Å². The van der Waals surface area contributed by atoms with Crippen LogP contribution in [0.15, 0.2) is 46.7 Å². The van der Waals surface area contributed by atoms with Crippen molar-refractivity contribution in [2.75, 3.05) is 18.0 Å². The molecule has 3 aromatic rings. The molecule has 176 valence electrons. The Labute approximate surface area is 201 Å². The van der Waals surface area contributed by atoms with Gasteiger partial charge in [-0.3, -0.25) is 0 Å². The number of aromatic nitrogens is 1. The maximum Gasteiger partial charge on any atom is 0.416 e. The molecular formula is C21H16Cl2F4N2O2S2. The van der Waals surface area contributed by atoms with Gasteiger partial charge in [-0.05, 0) is 49.2 Å². The molecule has 1 fully saturated rings. The predicted molar refractivity (Wildman–Crippen MR) is 121 cm³/mol. The van der Waals surface area contributed by atoms with E-state index in [9.17, 15) is 26.0 Å². The van der Waals surface area contributed by atoms with Gasteiger partial charge in [-0.15, -0.1) is 11.3 Å². The molecule has 4 rings (SSSR count). The summed E-state index contributed by atoms with van der Waals surface area (Å²) in [6, 6.07) is 6.63. The lowest BCUT2D eigenvalue weighted by atomic mass is 10.1. The lowest BCUT2D eigenvalue weighted by Gasteiger charge is -2.31. The molecule has 4 nitrogen and oxygen atoms in total. The quantitative estimate of drug-likeness (QED) is 0.346. The monoisotopic (exact) mass is 538 g/mol. The Bertz CT molecular complexity index is 1290. The third-order valence-corrected chi connectivity index (χ3v) is 9.36. The standard InChI is InChI=1S/C21H16Cl2F4N2O2S2/c22-15-3-2-13(21(25,26)27)10-19(15)33(30,31)14-5-7-29(8-6-14)20-28-18(11-32-20)12-1-4-17(24)16(23)9-12/h1-4,9-11,14H,5-8H2. The molecule has 1 aliphatic rings. The molecule has 0 unspecified atom stereocenters. The molecule has 1 saturated heterocycles. The lowest BCUT2D eigenvalue weighted by molar-refractivity contribution is -0.137. The second-order valence-corrected chi connectivity index (χ2v) is 11.4. The number of sulfone groups is 1. The molecule has 1 aliphatic heterocycles. The smallest absolute Gasteiger partial charge is 0.348 e. The van der Waals surface area contributed by atoms with E-state index < -0.39 is 37.5 Å². The fraction of sp³-hybridized carbons (Fsp3) is 0.286. The lowest BCUT2D eigenvalue weighted by Crippen LogP contribution is -2.39. The van der Waals surface area contributed by atoms with Gasteiger partial charge in [-0.25, -0.2) is 17.8 Å². The van der Waals surface area contributed by atoms with Crippen LogP contribution in [-0.4, -0.2) is 31.7 Å². The number of halogens is 6. The van der Waals surface area contributed by atoms with Crippen LogP contribution < -0.4 is 4.90 Å². The van der Waals surface area contributed by atoms with Gasteiger partial charge in [-0.2, -0.15) is 13.2 Å². The summed E-state index contributed by atoms with van der Waals surface area (Å²) in [6.07, 6.45) is -4.24. The summed E-state index contributed by atoms with van der Waals surface area (Å²) in [4.78, 5) is 5.96. The van der Waals surface area contributed by atoms with E-state index in [4.69, 9.17) is 23.2 Å². The maximum absolute atomic E-state index is 13.4. The molecule has 12 heteroatoms. The minimum absolute atomic E-state index is 0.0127. The zero-order valence-corrected chi connectivity index (χ0v) is 19.9. The SMILES string of the molecule is O=S(=O)(c1cc(C(F)(F)F)ccc1Cl)C1CCN(c2nc(-c3ccc(F)c(Cl)c3)cs2)CC1. The maximum atomic E-state index is 13.4. The van der Waals surface area contributed by atoms with Gasteiger partial charge in [-0.1, -0.05) is 23.2 Å². The number of nitrogens with zero attached hydrogens (tertiary/aromatic N) is 2. The Balaban J connectivity index is 1.49. The normalized spacial score (nSPS) is 15.8. The summed E-state index contributed by atoms with van der Waals surface area (Å²) in [6.45, 7) is 0.717. The minimum Gasteiger partial charge on any atom is -0.348 e. The van der Waals surface area contributed by atoms with Crippen molar-refractivity contribution in [2.45, 2.75) is 29.2 Å². The molecule has 0 spiro atoms. The van der Waals surface area contributed by atoms with E-state index in [-0.39, 0.29) is 22.9 Å². The van der Waals surface area contributed by atoms with Crippen molar-refractivity contribution in [3.63, 3.8) is 0 Å². The Morgan fingerprint density at radius 3 is 2.36 bits per heavy atom. The van der Waals surface area contributed by atoms with Crippen LogP contribution >= 0.6 is 34.5 Å². The molecule has 0 aliphatic carbocycles. The first-order valence-corrected chi connectivity index (χ1v) is 12.9. The molecule has 33 heavy (non-hydrogen) atoms. The van der Waals surface area contributed by atoms with Crippen LogP contribution in [0.2, 0.25) is 10.0 Å².